The zero-order chi connectivity index (χ0) is 26.7. The highest BCUT2D eigenvalue weighted by Gasteiger charge is 2.44. The third-order valence-corrected chi connectivity index (χ3v) is 6.09. The number of rotatable bonds is 8. The zero-order valence-corrected chi connectivity index (χ0v) is 19.8. The van der Waals surface area contributed by atoms with Crippen LogP contribution in [0.1, 0.15) is 17.2 Å². The molecule has 1 unspecified atom stereocenters. The lowest BCUT2D eigenvalue weighted by atomic mass is 9.97. The molecule has 192 valence electrons. The summed E-state index contributed by atoms with van der Waals surface area (Å²) in [5.41, 5.74) is 12.8. The van der Waals surface area contributed by atoms with Crippen molar-refractivity contribution in [2.24, 2.45) is 5.73 Å². The van der Waals surface area contributed by atoms with Crippen LogP contribution in [0.4, 0.5) is 23.5 Å². The monoisotopic (exact) mass is 532 g/mol. The van der Waals surface area contributed by atoms with Gasteiger partial charge in [-0.1, -0.05) is 30.3 Å². The molecule has 0 bridgehead atoms. The number of carboxylic acids is 1. The summed E-state index contributed by atoms with van der Waals surface area (Å²) in [7, 11) is 0. The highest BCUT2D eigenvalue weighted by atomic mass is 32.1. The van der Waals surface area contributed by atoms with E-state index in [-0.39, 0.29) is 29.2 Å². The predicted octanol–water partition coefficient (Wildman–Crippen LogP) is 5.23. The largest absolute Gasteiger partial charge is 0.480 e. The Morgan fingerprint density at radius 1 is 1.05 bits per heavy atom. The van der Waals surface area contributed by atoms with Crippen LogP contribution in [-0.2, 0) is 11.2 Å². The number of aliphatic carboxylic acids is 1. The molecule has 12 heteroatoms. The van der Waals surface area contributed by atoms with Crippen LogP contribution in [0.3, 0.4) is 0 Å². The number of halogens is 4. The number of nitrogens with zero attached hydrogens (tertiary/aromatic N) is 2. The van der Waals surface area contributed by atoms with Crippen molar-refractivity contribution < 1.29 is 32.2 Å². The number of thiophene rings is 1. The second-order valence-electron chi connectivity index (χ2n) is 8.08. The van der Waals surface area contributed by atoms with Gasteiger partial charge >= 0.3 is 12.1 Å². The normalized spacial score (nSPS) is 13.2. The lowest BCUT2D eigenvalue weighted by Gasteiger charge is -2.24. The summed E-state index contributed by atoms with van der Waals surface area (Å²) in [4.78, 5) is 18.9. The lowest BCUT2D eigenvalue weighted by Crippen LogP contribution is -2.32. The van der Waals surface area contributed by atoms with Crippen LogP contribution in [0.2, 0.25) is 0 Å². The van der Waals surface area contributed by atoms with Gasteiger partial charge in [0.2, 0.25) is 17.9 Å². The number of nitrogen functional groups attached to an aromatic ring is 1. The number of benzene rings is 2. The molecule has 4 aromatic rings. The van der Waals surface area contributed by atoms with E-state index in [9.17, 15) is 22.4 Å². The van der Waals surface area contributed by atoms with Gasteiger partial charge in [0.1, 0.15) is 11.9 Å². The number of ether oxygens (including phenoxy) is 1. The molecule has 0 spiro atoms. The first kappa shape index (κ1) is 26.0. The summed E-state index contributed by atoms with van der Waals surface area (Å²) in [5, 5.41) is 12.2. The topological polar surface area (TPSA) is 124 Å². The Labute approximate surface area is 212 Å². The van der Waals surface area contributed by atoms with Gasteiger partial charge in [-0.15, -0.1) is 0 Å². The fourth-order valence-electron chi connectivity index (χ4n) is 3.66. The average molecular weight is 533 g/mol. The molecule has 5 N–H and O–H groups in total. The molecule has 2 atom stereocenters. The molecule has 2 heterocycles. The summed E-state index contributed by atoms with van der Waals surface area (Å²) >= 11 is 1.26. The Balaban J connectivity index is 1.67. The van der Waals surface area contributed by atoms with Crippen LogP contribution < -0.4 is 16.2 Å². The second kappa shape index (κ2) is 10.5. The third kappa shape index (κ3) is 6.22. The number of hydrogen-bond donors (Lipinski definition) is 3. The fourth-order valence-corrected chi connectivity index (χ4v) is 4.31. The minimum atomic E-state index is -4.87. The van der Waals surface area contributed by atoms with Crippen LogP contribution in [0.25, 0.3) is 22.4 Å². The summed E-state index contributed by atoms with van der Waals surface area (Å²) in [5.74, 6) is -2.57. The van der Waals surface area contributed by atoms with E-state index in [0.29, 0.717) is 16.7 Å². The van der Waals surface area contributed by atoms with E-state index in [4.69, 9.17) is 21.3 Å². The maximum atomic E-state index is 14.2. The predicted molar refractivity (Wildman–Crippen MR) is 130 cm³/mol. The first-order valence-electron chi connectivity index (χ1n) is 10.8. The Hall–Kier alpha value is -4.03. The van der Waals surface area contributed by atoms with Crippen LogP contribution in [0.5, 0.6) is 5.88 Å². The van der Waals surface area contributed by atoms with Crippen molar-refractivity contribution in [2.75, 3.05) is 5.73 Å². The first-order valence-corrected chi connectivity index (χ1v) is 11.7. The molecule has 0 amide bonds. The quantitative estimate of drug-likeness (QED) is 0.266. The zero-order valence-electron chi connectivity index (χ0n) is 18.9. The third-order valence-electron chi connectivity index (χ3n) is 5.41. The van der Waals surface area contributed by atoms with Crippen LogP contribution >= 0.6 is 11.3 Å². The summed E-state index contributed by atoms with van der Waals surface area (Å²) in [6.45, 7) is 0. The van der Waals surface area contributed by atoms with E-state index in [1.54, 1.807) is 41.1 Å². The average Bonchev–Trinajstić information content (AvgIpc) is 3.37. The Bertz CT molecular complexity index is 1400. The van der Waals surface area contributed by atoms with E-state index in [1.807, 2.05) is 0 Å². The Kier molecular flexibility index (Phi) is 7.41. The van der Waals surface area contributed by atoms with E-state index in [0.717, 1.165) is 18.2 Å². The van der Waals surface area contributed by atoms with Gasteiger partial charge < -0.3 is 21.3 Å². The highest BCUT2D eigenvalue weighted by molar-refractivity contribution is 7.08. The Morgan fingerprint density at radius 2 is 1.78 bits per heavy atom. The number of aromatic nitrogens is 2. The van der Waals surface area contributed by atoms with E-state index in [2.05, 4.69) is 9.97 Å². The highest BCUT2D eigenvalue weighted by Crippen LogP contribution is 2.41. The molecule has 0 aliphatic carbocycles. The molecule has 0 radical (unpaired) electrons. The van der Waals surface area contributed by atoms with Crippen LogP contribution in [0.15, 0.2) is 65.4 Å². The molecule has 0 saturated heterocycles. The van der Waals surface area contributed by atoms with Crippen molar-refractivity contribution in [3.8, 4) is 28.3 Å². The second-order valence-corrected chi connectivity index (χ2v) is 8.86. The number of alkyl halides is 3. The maximum absolute atomic E-state index is 14.2. The summed E-state index contributed by atoms with van der Waals surface area (Å²) < 4.78 is 61.9. The molecular weight excluding hydrogens is 512 g/mol. The molecule has 0 fully saturated rings. The lowest BCUT2D eigenvalue weighted by molar-refractivity contribution is -0.198. The van der Waals surface area contributed by atoms with E-state index >= 15 is 0 Å². The minimum Gasteiger partial charge on any atom is -0.480 e. The van der Waals surface area contributed by atoms with Gasteiger partial charge in [0.15, 0.2) is 0 Å². The van der Waals surface area contributed by atoms with Crippen LogP contribution in [-0.4, -0.2) is 33.3 Å². The van der Waals surface area contributed by atoms with Crippen molar-refractivity contribution >= 4 is 23.3 Å². The molecule has 0 aliphatic heterocycles. The minimum absolute atomic E-state index is 0.0426. The van der Waals surface area contributed by atoms with Crippen molar-refractivity contribution in [3.05, 3.63) is 82.3 Å². The molecular formula is C25H20F4N4O3S. The molecule has 37 heavy (non-hydrogen) atoms. The van der Waals surface area contributed by atoms with E-state index in [1.165, 1.54) is 17.4 Å². The molecule has 0 aliphatic rings. The molecule has 7 nitrogen and oxygen atoms in total. The van der Waals surface area contributed by atoms with Gasteiger partial charge in [-0.3, -0.25) is 4.79 Å². The fraction of sp³-hybridized carbons (Fsp3) is 0.160. The number of carbonyl (C=O) groups is 1. The van der Waals surface area contributed by atoms with Gasteiger partial charge in [0, 0.05) is 17.2 Å². The number of hydrogen-bond acceptors (Lipinski definition) is 7. The number of carboxylic acid groups (broad SMARTS) is 1. The van der Waals surface area contributed by atoms with Gasteiger partial charge in [-0.25, -0.2) is 9.37 Å². The molecule has 4 rings (SSSR count). The summed E-state index contributed by atoms with van der Waals surface area (Å²) in [6.07, 6.45) is -7.25. The molecule has 0 saturated carbocycles. The number of nitrogens with two attached hydrogens (primary N) is 2. The van der Waals surface area contributed by atoms with Crippen molar-refractivity contribution in [2.45, 2.75) is 24.7 Å². The number of anilines is 1. The summed E-state index contributed by atoms with van der Waals surface area (Å²) in [6, 6.07) is 11.2. The Morgan fingerprint density at radius 3 is 2.41 bits per heavy atom. The molecule has 2 aromatic heterocycles. The van der Waals surface area contributed by atoms with Crippen molar-refractivity contribution in [3.63, 3.8) is 0 Å². The van der Waals surface area contributed by atoms with Gasteiger partial charge in [0.25, 0.3) is 0 Å². The maximum Gasteiger partial charge on any atom is 0.429 e. The smallest absolute Gasteiger partial charge is 0.429 e. The SMILES string of the molecule is Nc1nc(OC(c2ccc(F)cc2-c2ccsc2)C(F)(F)F)cc(-c2ccc(C[C@H](N)C(=O)O)cc2)n1. The van der Waals surface area contributed by atoms with E-state index < -0.39 is 36.0 Å². The van der Waals surface area contributed by atoms with Gasteiger partial charge in [0.05, 0.1) is 5.69 Å². The van der Waals surface area contributed by atoms with Crippen molar-refractivity contribution in [1.29, 1.82) is 0 Å². The standard InChI is InChI=1S/C25H20F4N4O3S/c26-16-5-6-17(18(10-16)15-7-8-37-12-15)22(25(27,28)29)36-21-11-20(32-24(31)33-21)14-3-1-13(2-4-14)9-19(30)23(34)35/h1-8,10-12,19,22H,9,30H2,(H,34,35)(H2,31,32,33)/t19-,22?/m0/s1. The van der Waals surface area contributed by atoms with Gasteiger partial charge in [-0.05, 0) is 52.1 Å². The first-order chi connectivity index (χ1) is 17.5. The van der Waals surface area contributed by atoms with Crippen LogP contribution in [0, 0.1) is 5.82 Å². The molecule has 2 aromatic carbocycles. The van der Waals surface area contributed by atoms with Crippen molar-refractivity contribution in [1.82, 2.24) is 9.97 Å². The van der Waals surface area contributed by atoms with Gasteiger partial charge in [-0.2, -0.15) is 29.5 Å².